The second kappa shape index (κ2) is 4.57. The fourth-order valence-electron chi connectivity index (χ4n) is 1.41. The van der Waals surface area contributed by atoms with Gasteiger partial charge in [-0.25, -0.2) is 4.68 Å². The fourth-order valence-corrected chi connectivity index (χ4v) is 1.69. The first-order chi connectivity index (χ1) is 7.74. The molecule has 5 heteroatoms. The lowest BCUT2D eigenvalue weighted by Gasteiger charge is -2.09. The monoisotopic (exact) mass is 282 g/mol. The minimum atomic E-state index is 0.687. The molecule has 0 N–H and O–H groups in total. The molecule has 0 bridgehead atoms. The molecular weight excluding hydrogens is 272 g/mol. The SMILES string of the molecule is COc1ccc(-n2cc(Br)cn2)cc1OC. The maximum Gasteiger partial charge on any atom is 0.162 e. The van der Waals surface area contributed by atoms with E-state index in [2.05, 4.69) is 21.0 Å². The van der Waals surface area contributed by atoms with Crippen LogP contribution < -0.4 is 9.47 Å². The normalized spacial score (nSPS) is 10.2. The summed E-state index contributed by atoms with van der Waals surface area (Å²) in [7, 11) is 3.22. The van der Waals surface area contributed by atoms with E-state index in [1.165, 1.54) is 0 Å². The van der Waals surface area contributed by atoms with Crippen molar-refractivity contribution in [2.75, 3.05) is 14.2 Å². The minimum Gasteiger partial charge on any atom is -0.493 e. The third-order valence-corrected chi connectivity index (χ3v) is 2.59. The van der Waals surface area contributed by atoms with Crippen molar-refractivity contribution in [3.05, 3.63) is 35.1 Å². The van der Waals surface area contributed by atoms with Gasteiger partial charge in [-0.1, -0.05) is 0 Å². The Hall–Kier alpha value is -1.49. The van der Waals surface area contributed by atoms with Crippen molar-refractivity contribution in [3.8, 4) is 17.2 Å². The average molecular weight is 283 g/mol. The maximum atomic E-state index is 5.23. The van der Waals surface area contributed by atoms with Gasteiger partial charge in [0, 0.05) is 12.3 Å². The van der Waals surface area contributed by atoms with Gasteiger partial charge < -0.3 is 9.47 Å². The van der Waals surface area contributed by atoms with Crippen LogP contribution in [0.15, 0.2) is 35.1 Å². The predicted molar refractivity (Wildman–Crippen MR) is 64.4 cm³/mol. The molecule has 0 saturated heterocycles. The first kappa shape index (κ1) is 11.0. The number of benzene rings is 1. The molecule has 0 aliphatic heterocycles. The standard InChI is InChI=1S/C11H11BrN2O2/c1-15-10-4-3-9(5-11(10)16-2)14-7-8(12)6-13-14/h3-7H,1-2H3. The fraction of sp³-hybridized carbons (Fsp3) is 0.182. The summed E-state index contributed by atoms with van der Waals surface area (Å²) in [6.07, 6.45) is 3.61. The Labute approximate surface area is 102 Å². The second-order valence-electron chi connectivity index (χ2n) is 3.14. The van der Waals surface area contributed by atoms with Crippen LogP contribution in [0.4, 0.5) is 0 Å². The van der Waals surface area contributed by atoms with Crippen LogP contribution in [-0.2, 0) is 0 Å². The Kier molecular flexibility index (Phi) is 3.14. The van der Waals surface area contributed by atoms with Crippen LogP contribution in [0.1, 0.15) is 0 Å². The van der Waals surface area contributed by atoms with Crippen LogP contribution in [-0.4, -0.2) is 24.0 Å². The molecule has 0 radical (unpaired) electrons. The summed E-state index contributed by atoms with van der Waals surface area (Å²) in [5, 5.41) is 4.19. The topological polar surface area (TPSA) is 36.3 Å². The van der Waals surface area contributed by atoms with Crippen molar-refractivity contribution in [1.82, 2.24) is 9.78 Å². The summed E-state index contributed by atoms with van der Waals surface area (Å²) >= 11 is 3.35. The van der Waals surface area contributed by atoms with Crippen LogP contribution in [0.2, 0.25) is 0 Å². The van der Waals surface area contributed by atoms with E-state index in [1.807, 2.05) is 24.4 Å². The number of methoxy groups -OCH3 is 2. The zero-order chi connectivity index (χ0) is 11.5. The number of hydrogen-bond donors (Lipinski definition) is 0. The van der Waals surface area contributed by atoms with Gasteiger partial charge in [-0.15, -0.1) is 0 Å². The second-order valence-corrected chi connectivity index (χ2v) is 4.06. The van der Waals surface area contributed by atoms with E-state index in [1.54, 1.807) is 25.1 Å². The predicted octanol–water partition coefficient (Wildman–Crippen LogP) is 2.65. The quantitative estimate of drug-likeness (QED) is 0.868. The van der Waals surface area contributed by atoms with Gasteiger partial charge in [0.15, 0.2) is 11.5 Å². The Morgan fingerprint density at radius 1 is 1.19 bits per heavy atom. The lowest BCUT2D eigenvalue weighted by molar-refractivity contribution is 0.354. The van der Waals surface area contributed by atoms with Gasteiger partial charge in [0.2, 0.25) is 0 Å². The van der Waals surface area contributed by atoms with Crippen molar-refractivity contribution in [2.24, 2.45) is 0 Å². The van der Waals surface area contributed by atoms with E-state index in [4.69, 9.17) is 9.47 Å². The van der Waals surface area contributed by atoms with Crippen molar-refractivity contribution < 1.29 is 9.47 Å². The third-order valence-electron chi connectivity index (χ3n) is 2.18. The van der Waals surface area contributed by atoms with E-state index < -0.39 is 0 Å². The van der Waals surface area contributed by atoms with E-state index in [-0.39, 0.29) is 0 Å². The van der Waals surface area contributed by atoms with Gasteiger partial charge in [-0.3, -0.25) is 0 Å². The molecule has 0 spiro atoms. The van der Waals surface area contributed by atoms with Gasteiger partial charge >= 0.3 is 0 Å². The molecule has 0 atom stereocenters. The molecular formula is C11H11BrN2O2. The van der Waals surface area contributed by atoms with Gasteiger partial charge in [-0.2, -0.15) is 5.10 Å². The van der Waals surface area contributed by atoms with E-state index >= 15 is 0 Å². The molecule has 2 rings (SSSR count). The molecule has 0 unspecified atom stereocenters. The molecule has 2 aromatic rings. The van der Waals surface area contributed by atoms with Crippen LogP contribution in [0, 0.1) is 0 Å². The highest BCUT2D eigenvalue weighted by molar-refractivity contribution is 9.10. The van der Waals surface area contributed by atoms with Gasteiger partial charge in [0.05, 0.1) is 30.6 Å². The lowest BCUT2D eigenvalue weighted by atomic mass is 10.3. The highest BCUT2D eigenvalue weighted by Crippen LogP contribution is 2.29. The molecule has 0 fully saturated rings. The third kappa shape index (κ3) is 2.04. The maximum absolute atomic E-state index is 5.23. The summed E-state index contributed by atoms with van der Waals surface area (Å²) in [5.41, 5.74) is 0.920. The van der Waals surface area contributed by atoms with Crippen molar-refractivity contribution in [3.63, 3.8) is 0 Å². The number of ether oxygens (including phenoxy) is 2. The summed E-state index contributed by atoms with van der Waals surface area (Å²) < 4.78 is 13.1. The Morgan fingerprint density at radius 2 is 1.94 bits per heavy atom. The molecule has 0 aliphatic carbocycles. The van der Waals surface area contributed by atoms with Gasteiger partial charge in [0.1, 0.15) is 0 Å². The average Bonchev–Trinajstić information content (AvgIpc) is 2.75. The number of nitrogens with zero attached hydrogens (tertiary/aromatic N) is 2. The molecule has 4 nitrogen and oxygen atoms in total. The number of hydrogen-bond acceptors (Lipinski definition) is 3. The number of rotatable bonds is 3. The number of halogens is 1. The van der Waals surface area contributed by atoms with Crippen LogP contribution in [0.5, 0.6) is 11.5 Å². The smallest absolute Gasteiger partial charge is 0.162 e. The molecule has 1 heterocycles. The van der Waals surface area contributed by atoms with Gasteiger partial charge in [0.25, 0.3) is 0 Å². The molecule has 0 amide bonds. The zero-order valence-corrected chi connectivity index (χ0v) is 10.6. The van der Waals surface area contributed by atoms with Gasteiger partial charge in [-0.05, 0) is 28.1 Å². The highest BCUT2D eigenvalue weighted by Gasteiger charge is 2.06. The summed E-state index contributed by atoms with van der Waals surface area (Å²) in [6, 6.07) is 5.64. The highest BCUT2D eigenvalue weighted by atomic mass is 79.9. The lowest BCUT2D eigenvalue weighted by Crippen LogP contribution is -1.96. The molecule has 0 aliphatic rings. The van der Waals surface area contributed by atoms with E-state index in [0.717, 1.165) is 10.2 Å². The van der Waals surface area contributed by atoms with Crippen molar-refractivity contribution in [2.45, 2.75) is 0 Å². The summed E-state index contributed by atoms with van der Waals surface area (Å²) in [5.74, 6) is 1.39. The Balaban J connectivity index is 2.43. The molecule has 1 aromatic heterocycles. The van der Waals surface area contributed by atoms with Crippen LogP contribution >= 0.6 is 15.9 Å². The number of aromatic nitrogens is 2. The minimum absolute atomic E-state index is 0.687. The molecule has 16 heavy (non-hydrogen) atoms. The van der Waals surface area contributed by atoms with E-state index in [9.17, 15) is 0 Å². The van der Waals surface area contributed by atoms with Crippen LogP contribution in [0.3, 0.4) is 0 Å². The largest absolute Gasteiger partial charge is 0.493 e. The summed E-state index contributed by atoms with van der Waals surface area (Å²) in [4.78, 5) is 0. The first-order valence-corrected chi connectivity index (χ1v) is 5.46. The van der Waals surface area contributed by atoms with Crippen molar-refractivity contribution >= 4 is 15.9 Å². The molecule has 84 valence electrons. The Morgan fingerprint density at radius 3 is 2.50 bits per heavy atom. The van der Waals surface area contributed by atoms with Crippen molar-refractivity contribution in [1.29, 1.82) is 0 Å². The zero-order valence-electron chi connectivity index (χ0n) is 8.98. The van der Waals surface area contributed by atoms with Crippen LogP contribution in [0.25, 0.3) is 5.69 Å². The summed E-state index contributed by atoms with van der Waals surface area (Å²) in [6.45, 7) is 0. The Bertz CT molecular complexity index is 496. The van der Waals surface area contributed by atoms with E-state index in [0.29, 0.717) is 11.5 Å². The molecule has 0 saturated carbocycles. The first-order valence-electron chi connectivity index (χ1n) is 4.67. The molecule has 1 aromatic carbocycles.